The van der Waals surface area contributed by atoms with Gasteiger partial charge in [0, 0.05) is 57.3 Å². The highest BCUT2D eigenvalue weighted by molar-refractivity contribution is 5.42. The predicted molar refractivity (Wildman–Crippen MR) is 118 cm³/mol. The highest BCUT2D eigenvalue weighted by Gasteiger charge is 2.21. The molecule has 4 rings (SSSR count). The van der Waals surface area contributed by atoms with Crippen LogP contribution in [0.3, 0.4) is 0 Å². The Morgan fingerprint density at radius 2 is 1.74 bits per heavy atom. The highest BCUT2D eigenvalue weighted by atomic mass is 16.5. The smallest absolute Gasteiger partial charge is 0.225 e. The number of benzene rings is 1. The average Bonchev–Trinajstić information content (AvgIpc) is 3.33. The summed E-state index contributed by atoms with van der Waals surface area (Å²) in [5.41, 5.74) is 2.26. The molecule has 1 aromatic heterocycles. The number of anilines is 1. The Labute approximate surface area is 184 Å². The molecule has 2 aromatic rings. The van der Waals surface area contributed by atoms with Crippen LogP contribution in [0.1, 0.15) is 24.0 Å². The fraction of sp³-hybridized carbons (Fsp3) is 0.565. The number of aromatic nitrogens is 2. The van der Waals surface area contributed by atoms with Crippen LogP contribution in [-0.4, -0.2) is 74.6 Å². The van der Waals surface area contributed by atoms with Gasteiger partial charge < -0.3 is 23.8 Å². The third-order valence-electron chi connectivity index (χ3n) is 5.73. The summed E-state index contributed by atoms with van der Waals surface area (Å²) in [6, 6.07) is 6.08. The van der Waals surface area contributed by atoms with E-state index in [1.165, 1.54) is 5.56 Å². The lowest BCUT2D eigenvalue weighted by Gasteiger charge is -2.27. The molecule has 2 aliphatic heterocycles. The van der Waals surface area contributed by atoms with Gasteiger partial charge in [0.2, 0.25) is 5.95 Å². The number of rotatable bonds is 9. The van der Waals surface area contributed by atoms with Crippen LogP contribution < -0.4 is 14.4 Å². The van der Waals surface area contributed by atoms with Crippen LogP contribution in [0.5, 0.6) is 11.5 Å². The van der Waals surface area contributed by atoms with Crippen molar-refractivity contribution in [3.8, 4) is 11.5 Å². The van der Waals surface area contributed by atoms with Crippen LogP contribution in [0.2, 0.25) is 0 Å². The fourth-order valence-corrected chi connectivity index (χ4v) is 4.11. The Bertz CT molecular complexity index is 821. The molecule has 2 saturated heterocycles. The predicted octanol–water partition coefficient (Wildman–Crippen LogP) is 2.51. The zero-order valence-electron chi connectivity index (χ0n) is 18.5. The van der Waals surface area contributed by atoms with E-state index in [4.69, 9.17) is 18.9 Å². The quantitative estimate of drug-likeness (QED) is 0.604. The van der Waals surface area contributed by atoms with Crippen molar-refractivity contribution in [3.63, 3.8) is 0 Å². The van der Waals surface area contributed by atoms with Gasteiger partial charge >= 0.3 is 0 Å². The lowest BCUT2D eigenvalue weighted by atomic mass is 10.1. The first kappa shape index (κ1) is 21.8. The Hall–Kier alpha value is -2.42. The standard InChI is InChI=1S/C23H32N4O4/c1-28-21-6-5-18(12-22(21)29-2)15-26(17-20-4-3-9-31-20)16-19-13-24-23(25-14-19)27-7-10-30-11-8-27/h5-6,12-14,20H,3-4,7-11,15-17H2,1-2H3/t20-/m0/s1. The van der Waals surface area contributed by atoms with Crippen molar-refractivity contribution in [1.82, 2.24) is 14.9 Å². The maximum Gasteiger partial charge on any atom is 0.225 e. The number of ether oxygens (including phenoxy) is 4. The van der Waals surface area contributed by atoms with E-state index in [2.05, 4.69) is 25.8 Å². The van der Waals surface area contributed by atoms with E-state index in [9.17, 15) is 0 Å². The number of hydrogen-bond acceptors (Lipinski definition) is 8. The number of methoxy groups -OCH3 is 2. The van der Waals surface area contributed by atoms with Crippen LogP contribution in [0.15, 0.2) is 30.6 Å². The van der Waals surface area contributed by atoms with Gasteiger partial charge in [-0.15, -0.1) is 0 Å². The van der Waals surface area contributed by atoms with Crippen molar-refractivity contribution in [1.29, 1.82) is 0 Å². The van der Waals surface area contributed by atoms with E-state index in [0.717, 1.165) is 88.4 Å². The minimum atomic E-state index is 0.272. The van der Waals surface area contributed by atoms with Gasteiger partial charge in [-0.05, 0) is 30.5 Å². The van der Waals surface area contributed by atoms with Gasteiger partial charge in [0.1, 0.15) is 0 Å². The second-order valence-corrected chi connectivity index (χ2v) is 7.98. The minimum absolute atomic E-state index is 0.272. The van der Waals surface area contributed by atoms with Crippen molar-refractivity contribution in [3.05, 3.63) is 41.7 Å². The zero-order valence-corrected chi connectivity index (χ0v) is 18.5. The van der Waals surface area contributed by atoms with Crippen molar-refractivity contribution in [2.45, 2.75) is 32.0 Å². The molecule has 31 heavy (non-hydrogen) atoms. The van der Waals surface area contributed by atoms with Gasteiger partial charge in [0.25, 0.3) is 0 Å². The van der Waals surface area contributed by atoms with Crippen molar-refractivity contribution < 1.29 is 18.9 Å². The molecule has 3 heterocycles. The molecule has 0 N–H and O–H groups in total. The molecule has 168 valence electrons. The third kappa shape index (κ3) is 5.84. The minimum Gasteiger partial charge on any atom is -0.493 e. The molecule has 0 aliphatic carbocycles. The van der Waals surface area contributed by atoms with Gasteiger partial charge in [0.05, 0.1) is 33.5 Å². The van der Waals surface area contributed by atoms with Crippen LogP contribution >= 0.6 is 0 Å². The largest absolute Gasteiger partial charge is 0.493 e. The molecule has 0 bridgehead atoms. The maximum atomic E-state index is 5.90. The Morgan fingerprint density at radius 3 is 2.42 bits per heavy atom. The summed E-state index contributed by atoms with van der Waals surface area (Å²) in [7, 11) is 3.32. The molecular weight excluding hydrogens is 396 g/mol. The zero-order chi connectivity index (χ0) is 21.5. The lowest BCUT2D eigenvalue weighted by molar-refractivity contribution is 0.0678. The van der Waals surface area contributed by atoms with Gasteiger partial charge in [-0.2, -0.15) is 0 Å². The summed E-state index contributed by atoms with van der Waals surface area (Å²) >= 11 is 0. The van der Waals surface area contributed by atoms with Gasteiger partial charge in [-0.1, -0.05) is 6.07 Å². The van der Waals surface area contributed by atoms with E-state index in [1.54, 1.807) is 14.2 Å². The Balaban J connectivity index is 1.45. The van der Waals surface area contributed by atoms with Crippen molar-refractivity contribution >= 4 is 5.95 Å². The first-order valence-electron chi connectivity index (χ1n) is 10.9. The van der Waals surface area contributed by atoms with Gasteiger partial charge in [-0.25, -0.2) is 9.97 Å². The van der Waals surface area contributed by atoms with Crippen molar-refractivity contribution in [2.24, 2.45) is 0 Å². The molecule has 8 heteroatoms. The van der Waals surface area contributed by atoms with Crippen LogP contribution in [0.25, 0.3) is 0 Å². The summed E-state index contributed by atoms with van der Waals surface area (Å²) in [6.45, 7) is 6.40. The van der Waals surface area contributed by atoms with Crippen LogP contribution in [-0.2, 0) is 22.6 Å². The number of hydrogen-bond donors (Lipinski definition) is 0. The summed E-state index contributed by atoms with van der Waals surface area (Å²) in [4.78, 5) is 13.8. The molecule has 0 spiro atoms. The molecule has 0 radical (unpaired) electrons. The molecule has 8 nitrogen and oxygen atoms in total. The molecule has 1 aromatic carbocycles. The SMILES string of the molecule is COc1ccc(CN(Cc2cnc(N3CCOCC3)nc2)C[C@@H]2CCCO2)cc1OC. The topological polar surface area (TPSA) is 69.2 Å². The molecule has 1 atom stereocenters. The summed E-state index contributed by atoms with van der Waals surface area (Å²) in [5, 5.41) is 0. The Morgan fingerprint density at radius 1 is 1.00 bits per heavy atom. The summed E-state index contributed by atoms with van der Waals surface area (Å²) < 4.78 is 22.2. The van der Waals surface area contributed by atoms with Gasteiger partial charge in [-0.3, -0.25) is 4.90 Å². The Kier molecular flexibility index (Phi) is 7.56. The highest BCUT2D eigenvalue weighted by Crippen LogP contribution is 2.28. The van der Waals surface area contributed by atoms with E-state index in [-0.39, 0.29) is 6.10 Å². The normalized spacial score (nSPS) is 19.1. The van der Waals surface area contributed by atoms with E-state index in [1.807, 2.05) is 24.5 Å². The lowest BCUT2D eigenvalue weighted by Crippen LogP contribution is -2.37. The van der Waals surface area contributed by atoms with E-state index in [0.29, 0.717) is 0 Å². The molecule has 0 amide bonds. The molecule has 0 unspecified atom stereocenters. The maximum absolute atomic E-state index is 5.90. The first-order chi connectivity index (χ1) is 15.2. The van der Waals surface area contributed by atoms with Crippen molar-refractivity contribution in [2.75, 3.05) is 58.6 Å². The fourth-order valence-electron chi connectivity index (χ4n) is 4.11. The molecular formula is C23H32N4O4. The second-order valence-electron chi connectivity index (χ2n) is 7.98. The summed E-state index contributed by atoms with van der Waals surface area (Å²) in [6.07, 6.45) is 6.39. The van der Waals surface area contributed by atoms with Crippen LogP contribution in [0, 0.1) is 0 Å². The number of morpholine rings is 1. The average molecular weight is 429 g/mol. The summed E-state index contributed by atoms with van der Waals surface area (Å²) in [5.74, 6) is 2.26. The molecule has 2 fully saturated rings. The van der Waals surface area contributed by atoms with Crippen LogP contribution in [0.4, 0.5) is 5.95 Å². The number of nitrogens with zero attached hydrogens (tertiary/aromatic N) is 4. The first-order valence-corrected chi connectivity index (χ1v) is 10.9. The third-order valence-corrected chi connectivity index (χ3v) is 5.73. The molecule has 0 saturated carbocycles. The molecule has 2 aliphatic rings. The van der Waals surface area contributed by atoms with E-state index >= 15 is 0 Å². The monoisotopic (exact) mass is 428 g/mol. The van der Waals surface area contributed by atoms with Gasteiger partial charge in [0.15, 0.2) is 11.5 Å². The van der Waals surface area contributed by atoms with E-state index < -0.39 is 0 Å². The second kappa shape index (κ2) is 10.7.